The van der Waals surface area contributed by atoms with Crippen LogP contribution in [0.2, 0.25) is 5.02 Å². The molecule has 6 heteroatoms. The third-order valence-electron chi connectivity index (χ3n) is 3.06. The molecule has 0 radical (unpaired) electrons. The minimum Gasteiger partial charge on any atom is -0.495 e. The summed E-state index contributed by atoms with van der Waals surface area (Å²) in [4.78, 5) is 13.5. The van der Waals surface area contributed by atoms with Crippen LogP contribution in [0.3, 0.4) is 0 Å². The summed E-state index contributed by atoms with van der Waals surface area (Å²) in [5.74, 6) is 0.630. The Balaban J connectivity index is 1.84. The highest BCUT2D eigenvalue weighted by Gasteiger charge is 2.33. The molecule has 21 heavy (non-hydrogen) atoms. The van der Waals surface area contributed by atoms with Crippen molar-refractivity contribution in [2.24, 2.45) is 0 Å². The van der Waals surface area contributed by atoms with Crippen LogP contribution >= 0.6 is 11.6 Å². The highest BCUT2D eigenvalue weighted by molar-refractivity contribution is 6.32. The lowest BCUT2D eigenvalue weighted by Gasteiger charge is -2.40. The van der Waals surface area contributed by atoms with Gasteiger partial charge in [0.2, 0.25) is 0 Å². The van der Waals surface area contributed by atoms with Crippen LogP contribution in [-0.2, 0) is 4.74 Å². The van der Waals surface area contributed by atoms with Gasteiger partial charge in [0, 0.05) is 24.8 Å². The summed E-state index contributed by atoms with van der Waals surface area (Å²) in [6, 6.07) is 5.73. The van der Waals surface area contributed by atoms with E-state index in [0.29, 0.717) is 23.9 Å². The zero-order chi connectivity index (χ0) is 15.6. The number of carbonyl (C=O) groups excluding carboxylic acids is 1. The summed E-state index contributed by atoms with van der Waals surface area (Å²) in [6.45, 7) is 6.83. The first kappa shape index (κ1) is 15.8. The Kier molecular flexibility index (Phi) is 4.52. The summed E-state index contributed by atoms with van der Waals surface area (Å²) in [7, 11) is 1.58. The van der Waals surface area contributed by atoms with Gasteiger partial charge in [-0.05, 0) is 32.9 Å². The van der Waals surface area contributed by atoms with Crippen LogP contribution in [0, 0.1) is 0 Å². The fraction of sp³-hybridized carbons (Fsp3) is 0.533. The number of anilines is 1. The Labute approximate surface area is 130 Å². The maximum atomic E-state index is 11.8. The van der Waals surface area contributed by atoms with Crippen molar-refractivity contribution in [3.8, 4) is 5.75 Å². The molecule has 0 saturated carbocycles. The molecule has 5 nitrogen and oxygen atoms in total. The van der Waals surface area contributed by atoms with Crippen molar-refractivity contribution in [3.05, 3.63) is 23.2 Å². The summed E-state index contributed by atoms with van der Waals surface area (Å²) in [6.07, 6.45) is -0.269. The number of benzene rings is 1. The third kappa shape index (κ3) is 4.17. The van der Waals surface area contributed by atoms with Gasteiger partial charge in [0.25, 0.3) is 0 Å². The van der Waals surface area contributed by atoms with Gasteiger partial charge >= 0.3 is 6.09 Å². The predicted octanol–water partition coefficient (Wildman–Crippen LogP) is 3.38. The number of nitrogens with zero attached hydrogens (tertiary/aromatic N) is 1. The number of amides is 1. The minimum absolute atomic E-state index is 0.211. The Morgan fingerprint density at radius 2 is 2.05 bits per heavy atom. The Morgan fingerprint density at radius 1 is 1.38 bits per heavy atom. The van der Waals surface area contributed by atoms with Crippen LogP contribution in [-0.4, -0.2) is 42.8 Å². The van der Waals surface area contributed by atoms with Crippen molar-refractivity contribution < 1.29 is 14.3 Å². The van der Waals surface area contributed by atoms with Gasteiger partial charge in [-0.2, -0.15) is 0 Å². The molecule has 1 aromatic rings. The smallest absolute Gasteiger partial charge is 0.410 e. The van der Waals surface area contributed by atoms with E-state index in [1.165, 1.54) is 0 Å². The van der Waals surface area contributed by atoms with Crippen LogP contribution in [0.5, 0.6) is 5.75 Å². The number of hydrogen-bond acceptors (Lipinski definition) is 4. The van der Waals surface area contributed by atoms with Crippen LogP contribution in [0.25, 0.3) is 0 Å². The van der Waals surface area contributed by atoms with E-state index in [4.69, 9.17) is 21.1 Å². The van der Waals surface area contributed by atoms with E-state index in [-0.39, 0.29) is 12.1 Å². The average molecular weight is 313 g/mol. The number of rotatable bonds is 3. The van der Waals surface area contributed by atoms with Crippen LogP contribution in [0.4, 0.5) is 10.5 Å². The number of carbonyl (C=O) groups is 1. The van der Waals surface area contributed by atoms with Gasteiger partial charge in [0.05, 0.1) is 18.2 Å². The van der Waals surface area contributed by atoms with E-state index in [2.05, 4.69) is 5.32 Å². The van der Waals surface area contributed by atoms with Crippen LogP contribution in [0.1, 0.15) is 20.8 Å². The van der Waals surface area contributed by atoms with E-state index in [0.717, 1.165) is 5.69 Å². The van der Waals surface area contributed by atoms with Crippen LogP contribution in [0.15, 0.2) is 18.2 Å². The Morgan fingerprint density at radius 3 is 2.62 bits per heavy atom. The lowest BCUT2D eigenvalue weighted by Crippen LogP contribution is -2.57. The number of hydrogen-bond donors (Lipinski definition) is 1. The van der Waals surface area contributed by atoms with E-state index in [1.807, 2.05) is 32.9 Å². The Hall–Kier alpha value is -1.62. The number of nitrogens with one attached hydrogen (secondary N) is 1. The largest absolute Gasteiger partial charge is 0.495 e. The number of halogens is 1. The van der Waals surface area contributed by atoms with Gasteiger partial charge < -0.3 is 19.7 Å². The fourth-order valence-electron chi connectivity index (χ4n) is 2.03. The zero-order valence-electron chi connectivity index (χ0n) is 12.8. The molecule has 116 valence electrons. The second kappa shape index (κ2) is 6.02. The summed E-state index contributed by atoms with van der Waals surface area (Å²) in [5, 5.41) is 3.92. The number of ether oxygens (including phenoxy) is 2. The number of likely N-dealkylation sites (tertiary alicyclic amines) is 1. The first-order valence-electron chi connectivity index (χ1n) is 6.86. The van der Waals surface area contributed by atoms with Gasteiger partial charge in [-0.3, -0.25) is 0 Å². The van der Waals surface area contributed by atoms with E-state index in [1.54, 1.807) is 18.1 Å². The van der Waals surface area contributed by atoms with Gasteiger partial charge in [-0.1, -0.05) is 11.6 Å². The molecule has 0 aliphatic carbocycles. The standard InChI is InChI=1S/C15H21ClN2O3/c1-15(2,3)21-14(19)18-8-11(9-18)17-10-5-6-12(16)13(7-10)20-4/h5-7,11,17H,8-9H2,1-4H3. The lowest BCUT2D eigenvalue weighted by atomic mass is 10.1. The van der Waals surface area contributed by atoms with Gasteiger partial charge in [0.1, 0.15) is 11.4 Å². The van der Waals surface area contributed by atoms with Crippen molar-refractivity contribution in [2.45, 2.75) is 32.4 Å². The SMILES string of the molecule is COc1cc(NC2CN(C(=O)OC(C)(C)C)C2)ccc1Cl. The molecular weight excluding hydrogens is 292 g/mol. The molecule has 0 unspecified atom stereocenters. The maximum absolute atomic E-state index is 11.8. The molecule has 1 aliphatic rings. The minimum atomic E-state index is -0.459. The molecule has 1 aliphatic heterocycles. The first-order chi connectivity index (χ1) is 9.78. The first-order valence-corrected chi connectivity index (χ1v) is 7.24. The quantitative estimate of drug-likeness (QED) is 0.929. The van der Waals surface area contributed by atoms with E-state index in [9.17, 15) is 4.79 Å². The highest BCUT2D eigenvalue weighted by atomic mass is 35.5. The van der Waals surface area contributed by atoms with Crippen molar-refractivity contribution in [2.75, 3.05) is 25.5 Å². The van der Waals surface area contributed by atoms with E-state index >= 15 is 0 Å². The predicted molar refractivity (Wildman–Crippen MR) is 83.2 cm³/mol. The monoisotopic (exact) mass is 312 g/mol. The van der Waals surface area contributed by atoms with Gasteiger partial charge in [-0.25, -0.2) is 4.79 Å². The molecule has 1 aromatic carbocycles. The highest BCUT2D eigenvalue weighted by Crippen LogP contribution is 2.28. The van der Waals surface area contributed by atoms with Crippen molar-refractivity contribution in [1.29, 1.82) is 0 Å². The third-order valence-corrected chi connectivity index (χ3v) is 3.37. The second-order valence-corrected chi connectivity index (χ2v) is 6.48. The summed E-state index contributed by atoms with van der Waals surface area (Å²) < 4.78 is 10.5. The van der Waals surface area contributed by atoms with Crippen molar-refractivity contribution in [1.82, 2.24) is 4.90 Å². The molecule has 0 aromatic heterocycles. The topological polar surface area (TPSA) is 50.8 Å². The molecule has 0 spiro atoms. The van der Waals surface area contributed by atoms with Gasteiger partial charge in [-0.15, -0.1) is 0 Å². The van der Waals surface area contributed by atoms with E-state index < -0.39 is 5.60 Å². The molecule has 2 rings (SSSR count). The van der Waals surface area contributed by atoms with Crippen molar-refractivity contribution in [3.63, 3.8) is 0 Å². The lowest BCUT2D eigenvalue weighted by molar-refractivity contribution is 0.0105. The zero-order valence-corrected chi connectivity index (χ0v) is 13.5. The summed E-state index contributed by atoms with van der Waals surface area (Å²) in [5.41, 5.74) is 0.462. The molecule has 1 N–H and O–H groups in total. The average Bonchev–Trinajstić information content (AvgIpc) is 2.32. The maximum Gasteiger partial charge on any atom is 0.410 e. The van der Waals surface area contributed by atoms with Crippen molar-refractivity contribution >= 4 is 23.4 Å². The molecule has 0 atom stereocenters. The molecule has 1 amide bonds. The number of methoxy groups -OCH3 is 1. The normalized spacial score (nSPS) is 15.4. The second-order valence-electron chi connectivity index (χ2n) is 6.08. The fourth-order valence-corrected chi connectivity index (χ4v) is 2.23. The molecule has 1 fully saturated rings. The molecule has 1 saturated heterocycles. The van der Waals surface area contributed by atoms with Gasteiger partial charge in [0.15, 0.2) is 0 Å². The summed E-state index contributed by atoms with van der Waals surface area (Å²) >= 11 is 5.98. The molecular formula is C15H21ClN2O3. The molecule has 1 heterocycles. The van der Waals surface area contributed by atoms with Crippen LogP contribution < -0.4 is 10.1 Å². The molecule has 0 bridgehead atoms. The Bertz CT molecular complexity index is 522.